The highest BCUT2D eigenvalue weighted by atomic mass is 35.5. The van der Waals surface area contributed by atoms with Gasteiger partial charge in [0.1, 0.15) is 11.8 Å². The molecule has 0 aliphatic rings. The van der Waals surface area contributed by atoms with Crippen molar-refractivity contribution in [1.29, 1.82) is 0 Å². The van der Waals surface area contributed by atoms with Gasteiger partial charge in [-0.25, -0.2) is 0 Å². The van der Waals surface area contributed by atoms with Crippen molar-refractivity contribution in [3.8, 4) is 5.75 Å². The molecular weight excluding hydrogens is 435 g/mol. The predicted molar refractivity (Wildman–Crippen MR) is 126 cm³/mol. The van der Waals surface area contributed by atoms with Crippen LogP contribution in [0.1, 0.15) is 51.7 Å². The van der Waals surface area contributed by atoms with Crippen LogP contribution in [0.15, 0.2) is 42.5 Å². The summed E-state index contributed by atoms with van der Waals surface area (Å²) < 4.78 is 5.86. The second kappa shape index (κ2) is 11.4. The summed E-state index contributed by atoms with van der Waals surface area (Å²) in [6.45, 7) is 9.55. The first-order chi connectivity index (χ1) is 14.6. The van der Waals surface area contributed by atoms with Gasteiger partial charge in [-0.3, -0.25) is 9.59 Å². The second-order valence-electron chi connectivity index (χ2n) is 8.08. The fourth-order valence-electron chi connectivity index (χ4n) is 3.13. The third-order valence-electron chi connectivity index (χ3n) is 4.85. The molecular formula is C24H30Cl2N2O3. The Morgan fingerprint density at radius 2 is 1.71 bits per heavy atom. The monoisotopic (exact) mass is 464 g/mol. The van der Waals surface area contributed by atoms with E-state index in [1.54, 1.807) is 25.1 Å². The van der Waals surface area contributed by atoms with E-state index in [0.29, 0.717) is 21.4 Å². The molecule has 0 spiro atoms. The molecule has 168 valence electrons. The van der Waals surface area contributed by atoms with Crippen LogP contribution < -0.4 is 10.1 Å². The number of nitrogens with one attached hydrogen (secondary N) is 1. The Morgan fingerprint density at radius 1 is 1.03 bits per heavy atom. The molecule has 2 aromatic carbocycles. The summed E-state index contributed by atoms with van der Waals surface area (Å²) in [7, 11) is 0. The number of hydrogen-bond acceptors (Lipinski definition) is 3. The average molecular weight is 465 g/mol. The number of halogens is 2. The summed E-state index contributed by atoms with van der Waals surface area (Å²) in [5.41, 5.74) is 1.72. The summed E-state index contributed by atoms with van der Waals surface area (Å²) >= 11 is 12.3. The standard InChI is InChI=1S/C24H30Cl2N2O3/c1-15(2)20-8-6-7-9-22(20)31-14-23(29)28(17(5)24(30)27-16(3)4)13-18-10-11-19(25)12-21(18)26/h6-12,15-17H,13-14H2,1-5H3,(H,27,30)/t17-/m1/s1. The minimum Gasteiger partial charge on any atom is -0.483 e. The SMILES string of the molecule is CC(C)NC(=O)[C@@H](C)N(Cc1ccc(Cl)cc1Cl)C(=O)COc1ccccc1C(C)C. The summed E-state index contributed by atoms with van der Waals surface area (Å²) in [5, 5.41) is 3.80. The van der Waals surface area contributed by atoms with Crippen molar-refractivity contribution in [3.05, 3.63) is 63.6 Å². The molecule has 0 saturated carbocycles. The zero-order valence-corrected chi connectivity index (χ0v) is 20.1. The number of rotatable bonds is 9. The lowest BCUT2D eigenvalue weighted by Gasteiger charge is -2.29. The van der Waals surface area contributed by atoms with E-state index in [9.17, 15) is 9.59 Å². The van der Waals surface area contributed by atoms with Crippen LogP contribution in [-0.4, -0.2) is 35.4 Å². The first kappa shape index (κ1) is 25.0. The molecule has 1 N–H and O–H groups in total. The molecule has 0 heterocycles. The predicted octanol–water partition coefficient (Wildman–Crippen LogP) is 5.44. The first-order valence-corrected chi connectivity index (χ1v) is 11.1. The van der Waals surface area contributed by atoms with E-state index < -0.39 is 6.04 Å². The smallest absolute Gasteiger partial charge is 0.261 e. The Hall–Kier alpha value is -2.24. The van der Waals surface area contributed by atoms with E-state index in [2.05, 4.69) is 19.2 Å². The molecule has 1 atom stereocenters. The van der Waals surface area contributed by atoms with Crippen LogP contribution in [0.5, 0.6) is 5.75 Å². The van der Waals surface area contributed by atoms with Gasteiger partial charge in [0, 0.05) is 22.6 Å². The summed E-state index contributed by atoms with van der Waals surface area (Å²) in [6, 6.07) is 12.0. The molecule has 0 aromatic heterocycles. The van der Waals surface area contributed by atoms with Gasteiger partial charge in [-0.1, -0.05) is 61.3 Å². The van der Waals surface area contributed by atoms with E-state index in [0.717, 1.165) is 5.56 Å². The largest absolute Gasteiger partial charge is 0.483 e. The Kier molecular flexibility index (Phi) is 9.20. The fourth-order valence-corrected chi connectivity index (χ4v) is 3.60. The Balaban J connectivity index is 2.24. The number of carbonyl (C=O) groups excluding carboxylic acids is 2. The summed E-state index contributed by atoms with van der Waals surface area (Å²) in [5.74, 6) is 0.368. The van der Waals surface area contributed by atoms with Crippen LogP contribution >= 0.6 is 23.2 Å². The Bertz CT molecular complexity index is 915. The molecule has 2 rings (SSSR count). The van der Waals surface area contributed by atoms with Crippen molar-refractivity contribution in [2.24, 2.45) is 0 Å². The van der Waals surface area contributed by atoms with Crippen molar-refractivity contribution in [1.82, 2.24) is 10.2 Å². The lowest BCUT2D eigenvalue weighted by molar-refractivity contribution is -0.142. The Morgan fingerprint density at radius 3 is 2.32 bits per heavy atom. The molecule has 31 heavy (non-hydrogen) atoms. The maximum absolute atomic E-state index is 13.2. The van der Waals surface area contributed by atoms with Crippen molar-refractivity contribution >= 4 is 35.0 Å². The van der Waals surface area contributed by atoms with Crippen molar-refractivity contribution in [3.63, 3.8) is 0 Å². The van der Waals surface area contributed by atoms with E-state index >= 15 is 0 Å². The van der Waals surface area contributed by atoms with Gasteiger partial charge in [0.25, 0.3) is 5.91 Å². The molecule has 0 unspecified atom stereocenters. The number of ether oxygens (including phenoxy) is 1. The van der Waals surface area contributed by atoms with Crippen molar-refractivity contribution in [2.45, 2.75) is 59.2 Å². The molecule has 0 bridgehead atoms. The minimum absolute atomic E-state index is 0.0415. The van der Waals surface area contributed by atoms with Crippen LogP contribution in [0, 0.1) is 0 Å². The number of carbonyl (C=O) groups is 2. The first-order valence-electron chi connectivity index (χ1n) is 10.4. The number of hydrogen-bond donors (Lipinski definition) is 1. The third-order valence-corrected chi connectivity index (χ3v) is 5.43. The lowest BCUT2D eigenvalue weighted by Crippen LogP contribution is -2.50. The molecule has 0 aliphatic heterocycles. The summed E-state index contributed by atoms with van der Waals surface area (Å²) in [4.78, 5) is 27.3. The van der Waals surface area contributed by atoms with Gasteiger partial charge in [0.05, 0.1) is 0 Å². The van der Waals surface area contributed by atoms with Crippen LogP contribution in [0.4, 0.5) is 0 Å². The second-order valence-corrected chi connectivity index (χ2v) is 8.92. The molecule has 0 fully saturated rings. The van der Waals surface area contributed by atoms with Gasteiger partial charge >= 0.3 is 0 Å². The highest BCUT2D eigenvalue weighted by molar-refractivity contribution is 6.35. The van der Waals surface area contributed by atoms with Gasteiger partial charge in [0.2, 0.25) is 5.91 Å². The maximum Gasteiger partial charge on any atom is 0.261 e. The number of amides is 2. The highest BCUT2D eigenvalue weighted by Crippen LogP contribution is 2.26. The van der Waals surface area contributed by atoms with E-state index in [1.165, 1.54) is 4.90 Å². The summed E-state index contributed by atoms with van der Waals surface area (Å²) in [6.07, 6.45) is 0. The molecule has 7 heteroatoms. The fraction of sp³-hybridized carbons (Fsp3) is 0.417. The quantitative estimate of drug-likeness (QED) is 0.537. The zero-order valence-electron chi connectivity index (χ0n) is 18.6. The van der Waals surface area contributed by atoms with Gasteiger partial charge < -0.3 is 15.0 Å². The van der Waals surface area contributed by atoms with Crippen molar-refractivity contribution < 1.29 is 14.3 Å². The van der Waals surface area contributed by atoms with E-state index in [-0.39, 0.29) is 36.9 Å². The highest BCUT2D eigenvalue weighted by Gasteiger charge is 2.27. The molecule has 0 aliphatic carbocycles. The molecule has 5 nitrogen and oxygen atoms in total. The number of para-hydroxylation sites is 1. The Labute approximate surface area is 194 Å². The van der Waals surface area contributed by atoms with Crippen LogP contribution in [-0.2, 0) is 16.1 Å². The minimum atomic E-state index is -0.703. The lowest BCUT2D eigenvalue weighted by atomic mass is 10.0. The van der Waals surface area contributed by atoms with E-state index in [1.807, 2.05) is 38.1 Å². The van der Waals surface area contributed by atoms with Gasteiger partial charge in [-0.05, 0) is 56.0 Å². The van der Waals surface area contributed by atoms with Gasteiger partial charge in [-0.15, -0.1) is 0 Å². The topological polar surface area (TPSA) is 58.6 Å². The molecule has 0 saturated heterocycles. The van der Waals surface area contributed by atoms with Crippen LogP contribution in [0.2, 0.25) is 10.0 Å². The maximum atomic E-state index is 13.2. The van der Waals surface area contributed by atoms with Crippen molar-refractivity contribution in [2.75, 3.05) is 6.61 Å². The molecule has 0 radical (unpaired) electrons. The average Bonchev–Trinajstić information content (AvgIpc) is 2.70. The molecule has 2 amide bonds. The number of benzene rings is 2. The van der Waals surface area contributed by atoms with Crippen LogP contribution in [0.3, 0.4) is 0 Å². The third kappa shape index (κ3) is 7.15. The number of nitrogens with zero attached hydrogens (tertiary/aromatic N) is 1. The normalized spacial score (nSPS) is 12.0. The van der Waals surface area contributed by atoms with Gasteiger partial charge in [-0.2, -0.15) is 0 Å². The van der Waals surface area contributed by atoms with Crippen LogP contribution in [0.25, 0.3) is 0 Å². The molecule has 2 aromatic rings. The van der Waals surface area contributed by atoms with E-state index in [4.69, 9.17) is 27.9 Å². The zero-order chi connectivity index (χ0) is 23.1. The van der Waals surface area contributed by atoms with Gasteiger partial charge in [0.15, 0.2) is 6.61 Å².